The van der Waals surface area contributed by atoms with Gasteiger partial charge in [-0.15, -0.1) is 5.10 Å². The molecule has 7 heteroatoms. The molecule has 0 unspecified atom stereocenters. The number of hydrogen-bond donors (Lipinski definition) is 1. The van der Waals surface area contributed by atoms with E-state index in [1.165, 1.54) is 22.4 Å². The molecule has 0 bridgehead atoms. The Morgan fingerprint density at radius 1 is 1.58 bits per heavy atom. The van der Waals surface area contributed by atoms with E-state index in [0.717, 1.165) is 0 Å². The molecule has 1 aromatic heterocycles. The molecule has 0 radical (unpaired) electrons. The van der Waals surface area contributed by atoms with E-state index in [1.54, 1.807) is 12.1 Å². The standard InChI is InChI=1S/C12H10N4O2S/c1-2-16-11(18)14-15-12(16)19-10-4-3-8(7-17)5-9(10)6-13/h3-5,7H,2H2,1H3,(H,14,18). The first-order valence-electron chi connectivity index (χ1n) is 5.52. The lowest BCUT2D eigenvalue weighted by atomic mass is 10.1. The topological polar surface area (TPSA) is 91.5 Å². The van der Waals surface area contributed by atoms with E-state index in [4.69, 9.17) is 5.26 Å². The van der Waals surface area contributed by atoms with Gasteiger partial charge in [0.25, 0.3) is 0 Å². The third-order valence-corrected chi connectivity index (χ3v) is 3.57. The lowest BCUT2D eigenvalue weighted by molar-refractivity contribution is 0.112. The van der Waals surface area contributed by atoms with Crippen LogP contribution < -0.4 is 5.69 Å². The molecule has 0 saturated carbocycles. The summed E-state index contributed by atoms with van der Waals surface area (Å²) in [6.07, 6.45) is 0.686. The summed E-state index contributed by atoms with van der Waals surface area (Å²) in [6, 6.07) is 6.83. The predicted molar refractivity (Wildman–Crippen MR) is 69.2 cm³/mol. The van der Waals surface area contributed by atoms with Gasteiger partial charge in [0.15, 0.2) is 5.16 Å². The SMILES string of the molecule is CCn1c(Sc2ccc(C=O)cc2C#N)n[nH]c1=O. The van der Waals surface area contributed by atoms with Gasteiger partial charge < -0.3 is 0 Å². The average Bonchev–Trinajstić information content (AvgIpc) is 2.79. The summed E-state index contributed by atoms with van der Waals surface area (Å²) in [4.78, 5) is 22.8. The highest BCUT2D eigenvalue weighted by molar-refractivity contribution is 7.99. The lowest BCUT2D eigenvalue weighted by Crippen LogP contribution is -2.16. The van der Waals surface area contributed by atoms with Crippen LogP contribution in [0.1, 0.15) is 22.8 Å². The first-order chi connectivity index (χ1) is 9.19. The number of carbonyl (C=O) groups is 1. The summed E-state index contributed by atoms with van der Waals surface area (Å²) >= 11 is 1.21. The molecule has 0 spiro atoms. The molecule has 0 fully saturated rings. The van der Waals surface area contributed by atoms with E-state index < -0.39 is 0 Å². The molecule has 2 aromatic rings. The van der Waals surface area contributed by atoms with E-state index in [2.05, 4.69) is 10.2 Å². The molecule has 0 aliphatic carbocycles. The van der Waals surface area contributed by atoms with Gasteiger partial charge in [-0.1, -0.05) is 6.07 Å². The van der Waals surface area contributed by atoms with Crippen molar-refractivity contribution >= 4 is 18.0 Å². The Labute approximate surface area is 113 Å². The summed E-state index contributed by atoms with van der Waals surface area (Å²) in [7, 11) is 0. The van der Waals surface area contributed by atoms with Crippen molar-refractivity contribution in [2.45, 2.75) is 23.5 Å². The Balaban J connectivity index is 2.41. The number of rotatable bonds is 4. The Morgan fingerprint density at radius 2 is 2.37 bits per heavy atom. The zero-order valence-corrected chi connectivity index (χ0v) is 10.9. The number of carbonyl (C=O) groups excluding carboxylic acids is 1. The largest absolute Gasteiger partial charge is 0.343 e. The Hall–Kier alpha value is -2.33. The molecular formula is C12H10N4O2S. The van der Waals surface area contributed by atoms with Crippen LogP contribution in [0, 0.1) is 11.3 Å². The average molecular weight is 274 g/mol. The maximum atomic E-state index is 11.4. The highest BCUT2D eigenvalue weighted by Gasteiger charge is 2.11. The van der Waals surface area contributed by atoms with Gasteiger partial charge in [0.2, 0.25) is 0 Å². The van der Waals surface area contributed by atoms with E-state index in [1.807, 2.05) is 13.0 Å². The third-order valence-electron chi connectivity index (χ3n) is 2.50. The maximum Gasteiger partial charge on any atom is 0.343 e. The van der Waals surface area contributed by atoms with Crippen molar-refractivity contribution < 1.29 is 4.79 Å². The number of benzene rings is 1. The molecule has 0 saturated heterocycles. The predicted octanol–water partition coefficient (Wildman–Crippen LogP) is 1.43. The van der Waals surface area contributed by atoms with Crippen LogP contribution in [0.5, 0.6) is 0 Å². The third kappa shape index (κ3) is 2.58. The lowest BCUT2D eigenvalue weighted by Gasteiger charge is -2.04. The summed E-state index contributed by atoms with van der Waals surface area (Å²) in [6.45, 7) is 2.33. The number of H-pyrrole nitrogens is 1. The second-order valence-corrected chi connectivity index (χ2v) is 4.65. The zero-order chi connectivity index (χ0) is 13.8. The minimum absolute atomic E-state index is 0.284. The molecule has 0 aliphatic rings. The van der Waals surface area contributed by atoms with E-state index in [9.17, 15) is 9.59 Å². The van der Waals surface area contributed by atoms with Crippen molar-refractivity contribution in [2.75, 3.05) is 0 Å². The normalized spacial score (nSPS) is 10.1. The minimum atomic E-state index is -0.284. The van der Waals surface area contributed by atoms with E-state index in [0.29, 0.717) is 34.0 Å². The van der Waals surface area contributed by atoms with Gasteiger partial charge in [0.1, 0.15) is 12.4 Å². The van der Waals surface area contributed by atoms with Crippen LogP contribution in [0.15, 0.2) is 33.0 Å². The molecule has 2 rings (SSSR count). The number of nitrogens with zero attached hydrogens (tertiary/aromatic N) is 3. The van der Waals surface area contributed by atoms with Gasteiger partial charge in [0.05, 0.1) is 5.56 Å². The molecule has 0 amide bonds. The minimum Gasteiger partial charge on any atom is -0.298 e. The fourth-order valence-corrected chi connectivity index (χ4v) is 2.52. The van der Waals surface area contributed by atoms with Gasteiger partial charge >= 0.3 is 5.69 Å². The fourth-order valence-electron chi connectivity index (χ4n) is 1.56. The summed E-state index contributed by atoms with van der Waals surface area (Å²) in [5.74, 6) is 0. The van der Waals surface area contributed by atoms with Crippen LogP contribution in [0.3, 0.4) is 0 Å². The van der Waals surface area contributed by atoms with Crippen molar-refractivity contribution in [1.29, 1.82) is 5.26 Å². The van der Waals surface area contributed by atoms with Crippen LogP contribution in [0.4, 0.5) is 0 Å². The molecule has 1 aromatic carbocycles. The molecule has 1 N–H and O–H groups in total. The monoisotopic (exact) mass is 274 g/mol. The Morgan fingerprint density at radius 3 is 3.00 bits per heavy atom. The number of aromatic amines is 1. The van der Waals surface area contributed by atoms with Crippen molar-refractivity contribution in [3.05, 3.63) is 39.8 Å². The molecular weight excluding hydrogens is 264 g/mol. The van der Waals surface area contributed by atoms with Gasteiger partial charge in [0, 0.05) is 17.0 Å². The van der Waals surface area contributed by atoms with Crippen LogP contribution in [-0.2, 0) is 6.54 Å². The Kier molecular flexibility index (Phi) is 3.82. The summed E-state index contributed by atoms with van der Waals surface area (Å²) in [5.41, 5.74) is 0.538. The van der Waals surface area contributed by atoms with Gasteiger partial charge in [-0.2, -0.15) is 5.26 Å². The maximum absolute atomic E-state index is 11.4. The molecule has 19 heavy (non-hydrogen) atoms. The summed E-state index contributed by atoms with van der Waals surface area (Å²) < 4.78 is 1.47. The van der Waals surface area contributed by atoms with Crippen LogP contribution >= 0.6 is 11.8 Å². The number of nitrogens with one attached hydrogen (secondary N) is 1. The second kappa shape index (κ2) is 5.54. The smallest absolute Gasteiger partial charge is 0.298 e. The van der Waals surface area contributed by atoms with Crippen molar-refractivity contribution in [2.24, 2.45) is 0 Å². The molecule has 1 heterocycles. The number of hydrogen-bond acceptors (Lipinski definition) is 5. The fraction of sp³-hybridized carbons (Fsp3) is 0.167. The molecule has 6 nitrogen and oxygen atoms in total. The van der Waals surface area contributed by atoms with E-state index >= 15 is 0 Å². The molecule has 0 aliphatic heterocycles. The highest BCUT2D eigenvalue weighted by Crippen LogP contribution is 2.28. The number of aldehydes is 1. The van der Waals surface area contributed by atoms with Crippen LogP contribution in [0.2, 0.25) is 0 Å². The second-order valence-electron chi connectivity index (χ2n) is 3.64. The van der Waals surface area contributed by atoms with Crippen LogP contribution in [0.25, 0.3) is 0 Å². The van der Waals surface area contributed by atoms with Gasteiger partial charge in [-0.25, -0.2) is 9.89 Å². The quantitative estimate of drug-likeness (QED) is 0.851. The van der Waals surface area contributed by atoms with Gasteiger partial charge in [-0.05, 0) is 30.8 Å². The first-order valence-corrected chi connectivity index (χ1v) is 6.33. The summed E-state index contributed by atoms with van der Waals surface area (Å²) in [5, 5.41) is 15.8. The zero-order valence-electron chi connectivity index (χ0n) is 10.1. The van der Waals surface area contributed by atoms with Gasteiger partial charge in [-0.3, -0.25) is 9.36 Å². The first kappa shape index (κ1) is 13.1. The highest BCUT2D eigenvalue weighted by atomic mass is 32.2. The molecule has 96 valence electrons. The van der Waals surface area contributed by atoms with Crippen molar-refractivity contribution in [1.82, 2.24) is 14.8 Å². The number of nitriles is 1. The van der Waals surface area contributed by atoms with Crippen molar-refractivity contribution in [3.63, 3.8) is 0 Å². The molecule has 0 atom stereocenters. The van der Waals surface area contributed by atoms with E-state index in [-0.39, 0.29) is 5.69 Å². The van der Waals surface area contributed by atoms with Crippen molar-refractivity contribution in [3.8, 4) is 6.07 Å². The van der Waals surface area contributed by atoms with Crippen LogP contribution in [-0.4, -0.2) is 21.1 Å². The number of aromatic nitrogens is 3. The Bertz CT molecular complexity index is 711.